The van der Waals surface area contributed by atoms with Crippen molar-refractivity contribution in [3.63, 3.8) is 0 Å². The molecule has 0 radical (unpaired) electrons. The summed E-state index contributed by atoms with van der Waals surface area (Å²) in [6, 6.07) is 8.42. The molecule has 3 rings (SSSR count). The fourth-order valence-corrected chi connectivity index (χ4v) is 3.11. The second-order valence-electron chi connectivity index (χ2n) is 5.86. The van der Waals surface area contributed by atoms with Gasteiger partial charge in [-0.15, -0.1) is 0 Å². The Labute approximate surface area is 131 Å². The second-order valence-corrected chi connectivity index (χ2v) is 6.30. The summed E-state index contributed by atoms with van der Waals surface area (Å²) < 4.78 is 11.5. The number of rotatable bonds is 3. The van der Waals surface area contributed by atoms with E-state index in [0.717, 1.165) is 49.9 Å². The standard InChI is InChI=1S/C17H22ClNO2/c1-13-11-21-17(15-5-2-6-16(18)8-15)10-19(13)9-14-4-3-7-20-12-14/h2,4-6,8,13,17H,3,7,9-12H2,1H3/t13-,17-/m1/s1. The highest BCUT2D eigenvalue weighted by molar-refractivity contribution is 6.30. The Hall–Kier alpha value is -0.870. The molecule has 2 heterocycles. The molecule has 3 nitrogen and oxygen atoms in total. The molecule has 2 atom stereocenters. The van der Waals surface area contributed by atoms with Gasteiger partial charge in [0.15, 0.2) is 0 Å². The van der Waals surface area contributed by atoms with Gasteiger partial charge in [-0.3, -0.25) is 4.90 Å². The maximum Gasteiger partial charge on any atom is 0.0953 e. The first-order valence-electron chi connectivity index (χ1n) is 7.59. The molecule has 0 bridgehead atoms. The summed E-state index contributed by atoms with van der Waals surface area (Å²) in [5.41, 5.74) is 2.55. The number of halogens is 1. The topological polar surface area (TPSA) is 21.7 Å². The number of ether oxygens (including phenoxy) is 2. The van der Waals surface area contributed by atoms with Crippen LogP contribution in [0.25, 0.3) is 0 Å². The lowest BCUT2D eigenvalue weighted by atomic mass is 10.0. The molecule has 4 heteroatoms. The first-order chi connectivity index (χ1) is 10.2. The normalized spacial score (nSPS) is 27.4. The number of benzene rings is 1. The molecule has 1 fully saturated rings. The highest BCUT2D eigenvalue weighted by Crippen LogP contribution is 2.27. The first-order valence-corrected chi connectivity index (χ1v) is 7.97. The SMILES string of the molecule is C[C@@H]1CO[C@@H](c2cccc(Cl)c2)CN1CC1=CCCOC1. The highest BCUT2D eigenvalue weighted by Gasteiger charge is 2.27. The van der Waals surface area contributed by atoms with Crippen LogP contribution in [0.15, 0.2) is 35.9 Å². The minimum Gasteiger partial charge on any atom is -0.377 e. The van der Waals surface area contributed by atoms with Crippen molar-refractivity contribution >= 4 is 11.6 Å². The lowest BCUT2D eigenvalue weighted by Gasteiger charge is -2.39. The molecule has 1 aromatic carbocycles. The van der Waals surface area contributed by atoms with Gasteiger partial charge >= 0.3 is 0 Å². The molecular formula is C17H22ClNO2. The monoisotopic (exact) mass is 307 g/mol. The van der Waals surface area contributed by atoms with Crippen molar-refractivity contribution in [2.24, 2.45) is 0 Å². The van der Waals surface area contributed by atoms with E-state index in [2.05, 4.69) is 24.0 Å². The van der Waals surface area contributed by atoms with E-state index in [0.29, 0.717) is 6.04 Å². The zero-order valence-corrected chi connectivity index (χ0v) is 13.2. The van der Waals surface area contributed by atoms with Crippen LogP contribution in [-0.4, -0.2) is 43.9 Å². The number of morpholine rings is 1. The summed E-state index contributed by atoms with van der Waals surface area (Å²) in [6.07, 6.45) is 3.45. The summed E-state index contributed by atoms with van der Waals surface area (Å²) in [5.74, 6) is 0. The Morgan fingerprint density at radius 2 is 2.29 bits per heavy atom. The van der Waals surface area contributed by atoms with Crippen molar-refractivity contribution in [3.05, 3.63) is 46.5 Å². The van der Waals surface area contributed by atoms with Gasteiger partial charge in [0.25, 0.3) is 0 Å². The van der Waals surface area contributed by atoms with E-state index in [1.54, 1.807) is 0 Å². The molecule has 0 spiro atoms. The Bertz CT molecular complexity index is 517. The van der Waals surface area contributed by atoms with Gasteiger partial charge in [0.1, 0.15) is 0 Å². The molecule has 1 aromatic rings. The van der Waals surface area contributed by atoms with Crippen molar-refractivity contribution in [2.75, 3.05) is 32.9 Å². The first kappa shape index (κ1) is 15.0. The molecular weight excluding hydrogens is 286 g/mol. The zero-order chi connectivity index (χ0) is 14.7. The minimum absolute atomic E-state index is 0.102. The van der Waals surface area contributed by atoms with Gasteiger partial charge in [0, 0.05) is 24.2 Å². The molecule has 1 saturated heterocycles. The van der Waals surface area contributed by atoms with E-state index < -0.39 is 0 Å². The molecule has 2 aliphatic rings. The maximum atomic E-state index is 6.09. The molecule has 2 aliphatic heterocycles. The van der Waals surface area contributed by atoms with Crippen LogP contribution in [0.3, 0.4) is 0 Å². The summed E-state index contributed by atoms with van der Waals surface area (Å²) in [5, 5.41) is 0.768. The van der Waals surface area contributed by atoms with Crippen LogP contribution in [0.2, 0.25) is 5.02 Å². The predicted molar refractivity (Wildman–Crippen MR) is 84.7 cm³/mol. The third-order valence-electron chi connectivity index (χ3n) is 4.17. The van der Waals surface area contributed by atoms with E-state index in [1.807, 2.05) is 18.2 Å². The third kappa shape index (κ3) is 3.86. The average molecular weight is 308 g/mol. The lowest BCUT2D eigenvalue weighted by Crippen LogP contribution is -2.46. The summed E-state index contributed by atoms with van der Waals surface area (Å²) >= 11 is 6.09. The van der Waals surface area contributed by atoms with E-state index >= 15 is 0 Å². The van der Waals surface area contributed by atoms with Gasteiger partial charge in [-0.05, 0) is 36.6 Å². The predicted octanol–water partition coefficient (Wildman–Crippen LogP) is 3.45. The van der Waals surface area contributed by atoms with Gasteiger partial charge in [0.05, 0.1) is 25.9 Å². The Balaban J connectivity index is 1.68. The van der Waals surface area contributed by atoms with Crippen LogP contribution in [0, 0.1) is 0 Å². The maximum absolute atomic E-state index is 6.09. The molecule has 114 valence electrons. The molecule has 0 aromatic heterocycles. The smallest absolute Gasteiger partial charge is 0.0953 e. The largest absolute Gasteiger partial charge is 0.377 e. The van der Waals surface area contributed by atoms with Gasteiger partial charge in [0.2, 0.25) is 0 Å². The Morgan fingerprint density at radius 1 is 1.38 bits per heavy atom. The van der Waals surface area contributed by atoms with Crippen molar-refractivity contribution < 1.29 is 9.47 Å². The summed E-state index contributed by atoms with van der Waals surface area (Å²) in [7, 11) is 0. The van der Waals surface area contributed by atoms with Gasteiger partial charge in [-0.2, -0.15) is 0 Å². The highest BCUT2D eigenvalue weighted by atomic mass is 35.5. The Kier molecular flexibility index (Phi) is 4.96. The quantitative estimate of drug-likeness (QED) is 0.798. The average Bonchev–Trinajstić information content (AvgIpc) is 2.50. The van der Waals surface area contributed by atoms with Crippen LogP contribution in [0.4, 0.5) is 0 Å². The fraction of sp³-hybridized carbons (Fsp3) is 0.529. The van der Waals surface area contributed by atoms with E-state index in [1.165, 1.54) is 5.57 Å². The minimum atomic E-state index is 0.102. The van der Waals surface area contributed by atoms with Crippen LogP contribution in [0.1, 0.15) is 25.0 Å². The van der Waals surface area contributed by atoms with Crippen LogP contribution in [-0.2, 0) is 9.47 Å². The molecule has 0 saturated carbocycles. The molecule has 0 amide bonds. The summed E-state index contributed by atoms with van der Waals surface area (Å²) in [4.78, 5) is 2.48. The van der Waals surface area contributed by atoms with E-state index in [9.17, 15) is 0 Å². The third-order valence-corrected chi connectivity index (χ3v) is 4.41. The van der Waals surface area contributed by atoms with Crippen molar-refractivity contribution in [1.82, 2.24) is 4.90 Å². The molecule has 21 heavy (non-hydrogen) atoms. The van der Waals surface area contributed by atoms with Crippen LogP contribution >= 0.6 is 11.6 Å². The number of nitrogens with zero attached hydrogens (tertiary/aromatic N) is 1. The number of hydrogen-bond donors (Lipinski definition) is 0. The van der Waals surface area contributed by atoms with Crippen molar-refractivity contribution in [1.29, 1.82) is 0 Å². The van der Waals surface area contributed by atoms with Gasteiger partial charge < -0.3 is 9.47 Å². The number of hydrogen-bond acceptors (Lipinski definition) is 3. The second kappa shape index (κ2) is 6.93. The van der Waals surface area contributed by atoms with Crippen LogP contribution in [0.5, 0.6) is 0 Å². The van der Waals surface area contributed by atoms with Gasteiger partial charge in [-0.1, -0.05) is 29.8 Å². The van der Waals surface area contributed by atoms with Crippen molar-refractivity contribution in [3.8, 4) is 0 Å². The van der Waals surface area contributed by atoms with Crippen molar-refractivity contribution in [2.45, 2.75) is 25.5 Å². The summed E-state index contributed by atoms with van der Waals surface area (Å²) in [6.45, 7) is 6.48. The fourth-order valence-electron chi connectivity index (χ4n) is 2.91. The Morgan fingerprint density at radius 3 is 3.05 bits per heavy atom. The molecule has 0 unspecified atom stereocenters. The lowest BCUT2D eigenvalue weighted by molar-refractivity contribution is -0.0577. The van der Waals surface area contributed by atoms with Gasteiger partial charge in [-0.25, -0.2) is 0 Å². The zero-order valence-electron chi connectivity index (χ0n) is 12.4. The molecule has 0 N–H and O–H groups in total. The molecule has 0 aliphatic carbocycles. The van der Waals surface area contributed by atoms with E-state index in [-0.39, 0.29) is 6.10 Å². The van der Waals surface area contributed by atoms with E-state index in [4.69, 9.17) is 21.1 Å². The van der Waals surface area contributed by atoms with Crippen LogP contribution < -0.4 is 0 Å².